The summed E-state index contributed by atoms with van der Waals surface area (Å²) in [6, 6.07) is 14.5. The third kappa shape index (κ3) is 5.88. The minimum Gasteiger partial charge on any atom is -0.496 e. The number of anilines is 2. The third-order valence-corrected chi connectivity index (χ3v) is 5.04. The largest absolute Gasteiger partial charge is 0.496 e. The van der Waals surface area contributed by atoms with Crippen molar-refractivity contribution in [2.24, 2.45) is 0 Å². The van der Waals surface area contributed by atoms with Crippen LogP contribution in [-0.2, 0) is 6.42 Å². The molecule has 0 aliphatic heterocycles. The standard InChI is InChI=1S/C20H26BrN3OS/c1-4-24(5-2)17-9-7-16(8-10-17)23-20(26)22-13-12-15-6-11-19(25-3)18(21)14-15/h6-11,14H,4-5,12-13H2,1-3H3,(H2,22,23,26). The normalized spacial score (nSPS) is 10.3. The van der Waals surface area contributed by atoms with Crippen molar-refractivity contribution in [3.8, 4) is 5.75 Å². The number of nitrogens with one attached hydrogen (secondary N) is 2. The summed E-state index contributed by atoms with van der Waals surface area (Å²) < 4.78 is 6.21. The molecule has 0 amide bonds. The van der Waals surface area contributed by atoms with E-state index in [1.54, 1.807) is 7.11 Å². The molecule has 0 heterocycles. The summed E-state index contributed by atoms with van der Waals surface area (Å²) in [6.45, 7) is 7.10. The minimum absolute atomic E-state index is 0.633. The summed E-state index contributed by atoms with van der Waals surface area (Å²) >= 11 is 8.90. The van der Waals surface area contributed by atoms with Gasteiger partial charge in [0.25, 0.3) is 0 Å². The highest BCUT2D eigenvalue weighted by molar-refractivity contribution is 9.10. The van der Waals surface area contributed by atoms with E-state index in [0.717, 1.165) is 42.0 Å². The number of nitrogens with zero attached hydrogens (tertiary/aromatic N) is 1. The first-order valence-electron chi connectivity index (χ1n) is 8.79. The van der Waals surface area contributed by atoms with Crippen LogP contribution in [0.2, 0.25) is 0 Å². The molecule has 2 aromatic carbocycles. The first-order valence-corrected chi connectivity index (χ1v) is 9.99. The Morgan fingerprint density at radius 2 is 1.81 bits per heavy atom. The molecule has 4 nitrogen and oxygen atoms in total. The molecule has 26 heavy (non-hydrogen) atoms. The number of methoxy groups -OCH3 is 1. The highest BCUT2D eigenvalue weighted by Gasteiger charge is 2.04. The number of rotatable bonds is 8. The molecule has 0 unspecified atom stereocenters. The van der Waals surface area contributed by atoms with Gasteiger partial charge in [-0.3, -0.25) is 0 Å². The zero-order chi connectivity index (χ0) is 18.9. The monoisotopic (exact) mass is 435 g/mol. The van der Waals surface area contributed by atoms with E-state index in [0.29, 0.717) is 5.11 Å². The van der Waals surface area contributed by atoms with Crippen LogP contribution in [0.5, 0.6) is 5.75 Å². The molecule has 0 aliphatic rings. The van der Waals surface area contributed by atoms with Crippen molar-refractivity contribution in [3.05, 3.63) is 52.5 Å². The van der Waals surface area contributed by atoms with Gasteiger partial charge in [-0.05, 0) is 90.4 Å². The van der Waals surface area contributed by atoms with E-state index in [1.165, 1.54) is 11.3 Å². The van der Waals surface area contributed by atoms with E-state index in [4.69, 9.17) is 17.0 Å². The molecule has 0 saturated heterocycles. The van der Waals surface area contributed by atoms with E-state index in [1.807, 2.05) is 6.07 Å². The van der Waals surface area contributed by atoms with Crippen molar-refractivity contribution in [1.82, 2.24) is 5.32 Å². The maximum atomic E-state index is 5.38. The molecular formula is C20H26BrN3OS. The predicted octanol–water partition coefficient (Wildman–Crippen LogP) is 4.83. The van der Waals surface area contributed by atoms with Gasteiger partial charge in [-0.25, -0.2) is 0 Å². The van der Waals surface area contributed by atoms with Crippen molar-refractivity contribution in [2.75, 3.05) is 37.0 Å². The number of halogens is 1. The summed E-state index contributed by atoms with van der Waals surface area (Å²) in [6.07, 6.45) is 0.880. The molecule has 2 N–H and O–H groups in total. The Labute approximate surface area is 170 Å². The van der Waals surface area contributed by atoms with Crippen molar-refractivity contribution in [3.63, 3.8) is 0 Å². The fraction of sp³-hybridized carbons (Fsp3) is 0.350. The number of benzene rings is 2. The summed E-state index contributed by atoms with van der Waals surface area (Å²) in [4.78, 5) is 2.31. The first kappa shape index (κ1) is 20.5. The second-order valence-corrected chi connectivity index (χ2v) is 7.08. The minimum atomic E-state index is 0.633. The van der Waals surface area contributed by atoms with Crippen LogP contribution in [0.15, 0.2) is 46.9 Å². The highest BCUT2D eigenvalue weighted by atomic mass is 79.9. The lowest BCUT2D eigenvalue weighted by Crippen LogP contribution is -2.30. The lowest BCUT2D eigenvalue weighted by Gasteiger charge is -2.21. The van der Waals surface area contributed by atoms with Gasteiger partial charge in [-0.2, -0.15) is 0 Å². The fourth-order valence-electron chi connectivity index (χ4n) is 2.71. The lowest BCUT2D eigenvalue weighted by atomic mass is 10.1. The molecule has 6 heteroatoms. The molecule has 0 atom stereocenters. The van der Waals surface area contributed by atoms with Crippen LogP contribution in [0.3, 0.4) is 0 Å². The zero-order valence-electron chi connectivity index (χ0n) is 15.5. The van der Waals surface area contributed by atoms with Crippen LogP contribution in [0.1, 0.15) is 19.4 Å². The van der Waals surface area contributed by atoms with Gasteiger partial charge in [-0.1, -0.05) is 6.07 Å². The van der Waals surface area contributed by atoms with E-state index >= 15 is 0 Å². The van der Waals surface area contributed by atoms with Gasteiger partial charge in [0.05, 0.1) is 11.6 Å². The summed E-state index contributed by atoms with van der Waals surface area (Å²) in [5.74, 6) is 0.840. The maximum Gasteiger partial charge on any atom is 0.170 e. The number of hydrogen-bond donors (Lipinski definition) is 2. The van der Waals surface area contributed by atoms with Crippen molar-refractivity contribution in [2.45, 2.75) is 20.3 Å². The summed E-state index contributed by atoms with van der Waals surface area (Å²) in [7, 11) is 1.67. The highest BCUT2D eigenvalue weighted by Crippen LogP contribution is 2.25. The van der Waals surface area contributed by atoms with Gasteiger partial charge in [0.2, 0.25) is 0 Å². The Kier molecular flexibility index (Phi) is 8.19. The average Bonchev–Trinajstić information content (AvgIpc) is 2.64. The zero-order valence-corrected chi connectivity index (χ0v) is 17.9. The quantitative estimate of drug-likeness (QED) is 0.580. The van der Waals surface area contributed by atoms with E-state index in [-0.39, 0.29) is 0 Å². The average molecular weight is 436 g/mol. The summed E-state index contributed by atoms with van der Waals surface area (Å²) in [5.41, 5.74) is 3.44. The molecular weight excluding hydrogens is 410 g/mol. The molecule has 0 bridgehead atoms. The van der Waals surface area contributed by atoms with Gasteiger partial charge < -0.3 is 20.3 Å². The van der Waals surface area contributed by atoms with Crippen LogP contribution in [0, 0.1) is 0 Å². The predicted molar refractivity (Wildman–Crippen MR) is 119 cm³/mol. The number of hydrogen-bond acceptors (Lipinski definition) is 3. The third-order valence-electron chi connectivity index (χ3n) is 4.17. The molecule has 2 aromatic rings. The Bertz CT molecular complexity index is 717. The number of thiocarbonyl (C=S) groups is 1. The molecule has 0 fully saturated rings. The van der Waals surface area contributed by atoms with Gasteiger partial charge in [0, 0.05) is 31.0 Å². The fourth-order valence-corrected chi connectivity index (χ4v) is 3.51. The second-order valence-electron chi connectivity index (χ2n) is 5.82. The van der Waals surface area contributed by atoms with Crippen LogP contribution in [0.4, 0.5) is 11.4 Å². The van der Waals surface area contributed by atoms with E-state index < -0.39 is 0 Å². The van der Waals surface area contributed by atoms with Crippen LogP contribution >= 0.6 is 28.1 Å². The van der Waals surface area contributed by atoms with Gasteiger partial charge >= 0.3 is 0 Å². The molecule has 0 radical (unpaired) electrons. The van der Waals surface area contributed by atoms with Crippen molar-refractivity contribution < 1.29 is 4.74 Å². The molecule has 0 aliphatic carbocycles. The molecule has 0 aromatic heterocycles. The Morgan fingerprint density at radius 3 is 2.38 bits per heavy atom. The number of ether oxygens (including phenoxy) is 1. The lowest BCUT2D eigenvalue weighted by molar-refractivity contribution is 0.412. The van der Waals surface area contributed by atoms with Crippen molar-refractivity contribution >= 4 is 44.6 Å². The van der Waals surface area contributed by atoms with Gasteiger partial charge in [0.1, 0.15) is 5.75 Å². The summed E-state index contributed by atoms with van der Waals surface area (Å²) in [5, 5.41) is 7.12. The van der Waals surface area contributed by atoms with Crippen molar-refractivity contribution in [1.29, 1.82) is 0 Å². The van der Waals surface area contributed by atoms with E-state index in [2.05, 4.69) is 81.7 Å². The molecule has 2 rings (SSSR count). The second kappa shape index (κ2) is 10.4. The smallest absolute Gasteiger partial charge is 0.170 e. The topological polar surface area (TPSA) is 36.5 Å². The Morgan fingerprint density at radius 1 is 1.12 bits per heavy atom. The van der Waals surface area contributed by atoms with Gasteiger partial charge in [-0.15, -0.1) is 0 Å². The SMILES string of the molecule is CCN(CC)c1ccc(NC(=S)NCCc2ccc(OC)c(Br)c2)cc1. The molecule has 0 spiro atoms. The van der Waals surface area contributed by atoms with Crippen LogP contribution in [0.25, 0.3) is 0 Å². The Balaban J connectivity index is 1.80. The maximum absolute atomic E-state index is 5.38. The van der Waals surface area contributed by atoms with E-state index in [9.17, 15) is 0 Å². The van der Waals surface area contributed by atoms with Crippen LogP contribution < -0.4 is 20.3 Å². The Hall–Kier alpha value is -1.79. The molecule has 140 valence electrons. The van der Waals surface area contributed by atoms with Gasteiger partial charge in [0.15, 0.2) is 5.11 Å². The molecule has 0 saturated carbocycles. The first-order chi connectivity index (χ1) is 12.6. The van der Waals surface area contributed by atoms with Crippen LogP contribution in [-0.4, -0.2) is 31.9 Å².